The van der Waals surface area contributed by atoms with Crippen LogP contribution in [-0.4, -0.2) is 24.3 Å². The predicted octanol–water partition coefficient (Wildman–Crippen LogP) is 5.50. The summed E-state index contributed by atoms with van der Waals surface area (Å²) in [4.78, 5) is 33.0. The van der Waals surface area contributed by atoms with Gasteiger partial charge in [0.25, 0.3) is 5.56 Å². The molecule has 0 aliphatic carbocycles. The van der Waals surface area contributed by atoms with E-state index in [1.54, 1.807) is 18.6 Å². The number of hydrogen-bond donors (Lipinski definition) is 0. The molecule has 0 bridgehead atoms. The van der Waals surface area contributed by atoms with Gasteiger partial charge in [0.2, 0.25) is 0 Å². The highest BCUT2D eigenvalue weighted by molar-refractivity contribution is 9.10. The fraction of sp³-hybridized carbons (Fsp3) is 0.233. The third-order valence-electron chi connectivity index (χ3n) is 6.48. The van der Waals surface area contributed by atoms with Gasteiger partial charge in [0.15, 0.2) is 4.80 Å². The van der Waals surface area contributed by atoms with Gasteiger partial charge >= 0.3 is 5.97 Å². The fourth-order valence-electron chi connectivity index (χ4n) is 4.84. The number of nitrogens with zero attached hydrogens (tertiary/aromatic N) is 2. The molecule has 194 valence electrons. The molecule has 6 nitrogen and oxygen atoms in total. The van der Waals surface area contributed by atoms with Crippen LogP contribution >= 0.6 is 27.3 Å². The van der Waals surface area contributed by atoms with Crippen LogP contribution in [0.1, 0.15) is 43.9 Å². The van der Waals surface area contributed by atoms with Gasteiger partial charge in [-0.3, -0.25) is 9.36 Å². The maximum atomic E-state index is 14.1. The molecule has 1 aromatic heterocycles. The zero-order chi connectivity index (χ0) is 26.8. The lowest BCUT2D eigenvalue weighted by atomic mass is 9.90. The van der Waals surface area contributed by atoms with Crippen LogP contribution in [0.25, 0.3) is 16.8 Å². The summed E-state index contributed by atoms with van der Waals surface area (Å²) < 4.78 is 14.5. The Bertz CT molecular complexity index is 1730. The Morgan fingerprint density at radius 1 is 1.11 bits per heavy atom. The highest BCUT2D eigenvalue weighted by Gasteiger charge is 2.37. The number of allylic oxidation sites excluding steroid dienone is 1. The van der Waals surface area contributed by atoms with E-state index in [0.717, 1.165) is 32.8 Å². The van der Waals surface area contributed by atoms with Crippen molar-refractivity contribution in [2.45, 2.75) is 32.7 Å². The molecule has 5 rings (SSSR count). The molecule has 0 saturated carbocycles. The molecule has 1 aliphatic rings. The Labute approximate surface area is 232 Å². The van der Waals surface area contributed by atoms with Gasteiger partial charge in [0.1, 0.15) is 11.8 Å². The molecule has 1 unspecified atom stereocenters. The molecule has 8 heteroatoms. The van der Waals surface area contributed by atoms with Crippen LogP contribution in [0.4, 0.5) is 0 Å². The molecule has 0 radical (unpaired) electrons. The van der Waals surface area contributed by atoms with Gasteiger partial charge < -0.3 is 9.47 Å². The van der Waals surface area contributed by atoms with Crippen molar-refractivity contribution < 1.29 is 14.3 Å². The zero-order valence-electron chi connectivity index (χ0n) is 21.4. The molecule has 3 aromatic carbocycles. The summed E-state index contributed by atoms with van der Waals surface area (Å²) in [5.41, 5.74) is 2.45. The van der Waals surface area contributed by atoms with E-state index >= 15 is 0 Å². The minimum absolute atomic E-state index is 0.214. The number of aromatic nitrogens is 1. The SMILES string of the molecule is CCCC1=C(C(=O)OCC)C(c2c(OC)ccc3ccccc23)n2c(s/c(=C\c3ccc(Br)cc3)c2=O)=N1. The normalized spacial score (nSPS) is 15.4. The number of ether oxygens (including phenoxy) is 2. The van der Waals surface area contributed by atoms with Gasteiger partial charge in [-0.1, -0.05) is 83.1 Å². The molecule has 38 heavy (non-hydrogen) atoms. The molecule has 0 spiro atoms. The lowest BCUT2D eigenvalue weighted by molar-refractivity contribution is -0.139. The van der Waals surface area contributed by atoms with Crippen molar-refractivity contribution >= 4 is 50.1 Å². The van der Waals surface area contributed by atoms with Gasteiger partial charge in [0.05, 0.1) is 29.5 Å². The first-order valence-corrected chi connectivity index (χ1v) is 14.1. The van der Waals surface area contributed by atoms with Crippen molar-refractivity contribution in [1.82, 2.24) is 4.57 Å². The number of fused-ring (bicyclic) bond motifs is 2. The third kappa shape index (κ3) is 4.74. The molecule has 1 atom stereocenters. The van der Waals surface area contributed by atoms with Crippen molar-refractivity contribution in [2.75, 3.05) is 13.7 Å². The van der Waals surface area contributed by atoms with Crippen LogP contribution in [-0.2, 0) is 9.53 Å². The Balaban J connectivity index is 1.87. The number of benzene rings is 3. The summed E-state index contributed by atoms with van der Waals surface area (Å²) in [5, 5.41) is 1.89. The van der Waals surface area contributed by atoms with E-state index in [9.17, 15) is 9.59 Å². The Kier molecular flexibility index (Phi) is 7.63. The number of methoxy groups -OCH3 is 1. The average molecular weight is 592 g/mol. The highest BCUT2D eigenvalue weighted by atomic mass is 79.9. The second-order valence-electron chi connectivity index (χ2n) is 8.87. The second-order valence-corrected chi connectivity index (χ2v) is 10.8. The van der Waals surface area contributed by atoms with Gasteiger partial charge in [0, 0.05) is 10.0 Å². The predicted molar refractivity (Wildman–Crippen MR) is 154 cm³/mol. The van der Waals surface area contributed by atoms with Crippen LogP contribution in [0.15, 0.2) is 86.2 Å². The minimum atomic E-state index is -0.750. The molecular formula is C30H27BrN2O4S. The topological polar surface area (TPSA) is 69.9 Å². The van der Waals surface area contributed by atoms with E-state index in [1.807, 2.05) is 73.7 Å². The number of carbonyl (C=O) groups is 1. The van der Waals surface area contributed by atoms with E-state index in [1.165, 1.54) is 11.3 Å². The zero-order valence-corrected chi connectivity index (χ0v) is 23.8. The summed E-state index contributed by atoms with van der Waals surface area (Å²) in [6, 6.07) is 18.8. The highest BCUT2D eigenvalue weighted by Crippen LogP contribution is 2.41. The first-order valence-electron chi connectivity index (χ1n) is 12.5. The monoisotopic (exact) mass is 590 g/mol. The maximum Gasteiger partial charge on any atom is 0.338 e. The summed E-state index contributed by atoms with van der Waals surface area (Å²) in [6.45, 7) is 4.04. The summed E-state index contributed by atoms with van der Waals surface area (Å²) >= 11 is 4.78. The van der Waals surface area contributed by atoms with Crippen LogP contribution < -0.4 is 19.6 Å². The minimum Gasteiger partial charge on any atom is -0.496 e. The lowest BCUT2D eigenvalue weighted by Gasteiger charge is -2.28. The Morgan fingerprint density at radius 2 is 1.87 bits per heavy atom. The molecule has 1 aliphatic heterocycles. The van der Waals surface area contributed by atoms with Crippen LogP contribution in [0.3, 0.4) is 0 Å². The number of thiazole rings is 1. The van der Waals surface area contributed by atoms with Gasteiger partial charge in [-0.25, -0.2) is 9.79 Å². The van der Waals surface area contributed by atoms with Gasteiger partial charge in [-0.2, -0.15) is 0 Å². The summed E-state index contributed by atoms with van der Waals surface area (Å²) in [6.07, 6.45) is 3.23. The second kappa shape index (κ2) is 11.1. The van der Waals surface area contributed by atoms with Crippen molar-refractivity contribution in [3.8, 4) is 5.75 Å². The number of carbonyl (C=O) groups excluding carboxylic acids is 1. The lowest BCUT2D eigenvalue weighted by Crippen LogP contribution is -2.40. The third-order valence-corrected chi connectivity index (χ3v) is 8.00. The van der Waals surface area contributed by atoms with E-state index in [2.05, 4.69) is 15.9 Å². The van der Waals surface area contributed by atoms with Crippen molar-refractivity contribution in [3.05, 3.63) is 107 Å². The van der Waals surface area contributed by atoms with E-state index in [-0.39, 0.29) is 12.2 Å². The van der Waals surface area contributed by atoms with E-state index in [4.69, 9.17) is 14.5 Å². The molecule has 0 fully saturated rings. The van der Waals surface area contributed by atoms with E-state index in [0.29, 0.717) is 32.8 Å². The fourth-order valence-corrected chi connectivity index (χ4v) is 6.12. The largest absolute Gasteiger partial charge is 0.496 e. The quantitative estimate of drug-likeness (QED) is 0.266. The number of halogens is 1. The molecule has 0 amide bonds. The van der Waals surface area contributed by atoms with Crippen LogP contribution in [0.2, 0.25) is 0 Å². The standard InChI is InChI=1S/C30H27BrN2O4S/c1-4-8-22-26(29(35)37-5-2)27(25-21-10-7-6-9-19(21)13-16-23(25)36-3)33-28(34)24(38-30(33)32-22)17-18-11-14-20(31)15-12-18/h6-7,9-17,27H,4-5,8H2,1-3H3/b24-17-. The molecule has 2 heterocycles. The van der Waals surface area contributed by atoms with Crippen LogP contribution in [0, 0.1) is 0 Å². The van der Waals surface area contributed by atoms with Crippen LogP contribution in [0.5, 0.6) is 5.75 Å². The first-order chi connectivity index (χ1) is 18.5. The maximum absolute atomic E-state index is 14.1. The van der Waals surface area contributed by atoms with Crippen molar-refractivity contribution in [2.24, 2.45) is 4.99 Å². The first kappa shape index (κ1) is 26.1. The number of rotatable bonds is 7. The number of hydrogen-bond acceptors (Lipinski definition) is 6. The molecule has 4 aromatic rings. The average Bonchev–Trinajstić information content (AvgIpc) is 3.23. The summed E-state index contributed by atoms with van der Waals surface area (Å²) in [5.74, 6) is 0.123. The summed E-state index contributed by atoms with van der Waals surface area (Å²) in [7, 11) is 1.60. The smallest absolute Gasteiger partial charge is 0.338 e. The molecule has 0 saturated heterocycles. The van der Waals surface area contributed by atoms with Crippen molar-refractivity contribution in [1.29, 1.82) is 0 Å². The Morgan fingerprint density at radius 3 is 2.58 bits per heavy atom. The molecule has 0 N–H and O–H groups in total. The van der Waals surface area contributed by atoms with Crippen molar-refractivity contribution in [3.63, 3.8) is 0 Å². The number of esters is 1. The molecular weight excluding hydrogens is 564 g/mol. The van der Waals surface area contributed by atoms with Gasteiger partial charge in [-0.05, 0) is 54.0 Å². The van der Waals surface area contributed by atoms with E-state index < -0.39 is 12.0 Å². The van der Waals surface area contributed by atoms with Gasteiger partial charge in [-0.15, -0.1) is 0 Å². The Hall–Kier alpha value is -3.49.